The first kappa shape index (κ1) is 13.1. The maximum atomic E-state index is 11.8. The quantitative estimate of drug-likeness (QED) is 0.827. The van der Waals surface area contributed by atoms with E-state index in [0.29, 0.717) is 18.5 Å². The Labute approximate surface area is 111 Å². The summed E-state index contributed by atoms with van der Waals surface area (Å²) in [4.78, 5) is 23.3. The fraction of sp³-hybridized carbons (Fsp3) is 0.357. The Kier molecular flexibility index (Phi) is 4.14. The third kappa shape index (κ3) is 3.55. The van der Waals surface area contributed by atoms with E-state index in [1.54, 1.807) is 24.3 Å². The Morgan fingerprint density at radius 1 is 1.42 bits per heavy atom. The van der Waals surface area contributed by atoms with Crippen molar-refractivity contribution < 1.29 is 9.59 Å². The summed E-state index contributed by atoms with van der Waals surface area (Å²) in [6.45, 7) is 0.681. The molecule has 1 aromatic rings. The van der Waals surface area contributed by atoms with Gasteiger partial charge in [0.2, 0.25) is 11.8 Å². The van der Waals surface area contributed by atoms with Gasteiger partial charge >= 0.3 is 0 Å². The minimum Gasteiger partial charge on any atom is -0.354 e. The monoisotopic (exact) mass is 257 g/mol. The van der Waals surface area contributed by atoms with Gasteiger partial charge in [0.1, 0.15) is 6.04 Å². The normalized spacial score (nSPS) is 18.3. The molecule has 1 heterocycles. The Morgan fingerprint density at radius 2 is 2.16 bits per heavy atom. The molecule has 98 valence electrons. The largest absolute Gasteiger partial charge is 0.354 e. The van der Waals surface area contributed by atoms with Crippen LogP contribution in [0.3, 0.4) is 0 Å². The average Bonchev–Trinajstić information content (AvgIpc) is 2.42. The zero-order chi connectivity index (χ0) is 13.7. The van der Waals surface area contributed by atoms with Crippen LogP contribution < -0.4 is 10.6 Å². The van der Waals surface area contributed by atoms with Crippen LogP contribution >= 0.6 is 0 Å². The lowest BCUT2D eigenvalue weighted by molar-refractivity contribution is -0.129. The SMILES string of the molecule is N#Cc1ccc(CC(=O)NC2CCCNC2=O)cc1. The van der Waals surface area contributed by atoms with Crippen LogP contribution in [-0.4, -0.2) is 24.4 Å². The first-order chi connectivity index (χ1) is 9.19. The zero-order valence-corrected chi connectivity index (χ0v) is 10.5. The number of nitrogens with zero attached hydrogens (tertiary/aromatic N) is 1. The first-order valence-electron chi connectivity index (χ1n) is 6.25. The summed E-state index contributed by atoms with van der Waals surface area (Å²) in [5.74, 6) is -0.286. The lowest BCUT2D eigenvalue weighted by Crippen LogP contribution is -2.50. The molecule has 0 saturated carbocycles. The van der Waals surface area contributed by atoms with Crippen molar-refractivity contribution >= 4 is 11.8 Å². The van der Waals surface area contributed by atoms with Gasteiger partial charge in [-0.3, -0.25) is 9.59 Å². The number of rotatable bonds is 3. The van der Waals surface area contributed by atoms with Crippen molar-refractivity contribution in [2.75, 3.05) is 6.54 Å². The van der Waals surface area contributed by atoms with Crippen LogP contribution in [0.25, 0.3) is 0 Å². The molecule has 0 aliphatic carbocycles. The summed E-state index contributed by atoms with van der Waals surface area (Å²) in [5, 5.41) is 14.1. The number of amides is 2. The minimum atomic E-state index is -0.417. The molecule has 2 amide bonds. The molecule has 0 bridgehead atoms. The molecule has 1 saturated heterocycles. The van der Waals surface area contributed by atoms with Gasteiger partial charge in [0, 0.05) is 6.54 Å². The summed E-state index contributed by atoms with van der Waals surface area (Å²) >= 11 is 0. The van der Waals surface area contributed by atoms with Crippen molar-refractivity contribution in [1.29, 1.82) is 5.26 Å². The van der Waals surface area contributed by atoms with E-state index in [0.717, 1.165) is 12.0 Å². The van der Waals surface area contributed by atoms with E-state index in [1.165, 1.54) is 0 Å². The van der Waals surface area contributed by atoms with E-state index in [2.05, 4.69) is 10.6 Å². The van der Waals surface area contributed by atoms with Gasteiger partial charge in [-0.1, -0.05) is 12.1 Å². The Bertz CT molecular complexity index is 516. The fourth-order valence-electron chi connectivity index (χ4n) is 2.04. The predicted molar refractivity (Wildman–Crippen MR) is 69.0 cm³/mol. The number of nitrogens with one attached hydrogen (secondary N) is 2. The van der Waals surface area contributed by atoms with Crippen LogP contribution in [0.1, 0.15) is 24.0 Å². The lowest BCUT2D eigenvalue weighted by Gasteiger charge is -2.22. The smallest absolute Gasteiger partial charge is 0.242 e. The topological polar surface area (TPSA) is 82.0 Å². The summed E-state index contributed by atoms with van der Waals surface area (Å²) in [7, 11) is 0. The van der Waals surface area contributed by atoms with E-state index in [9.17, 15) is 9.59 Å². The maximum Gasteiger partial charge on any atom is 0.242 e. The van der Waals surface area contributed by atoms with Gasteiger partial charge in [-0.25, -0.2) is 0 Å². The molecule has 2 rings (SSSR count). The van der Waals surface area contributed by atoms with E-state index < -0.39 is 6.04 Å². The van der Waals surface area contributed by atoms with Gasteiger partial charge in [-0.2, -0.15) is 5.26 Å². The van der Waals surface area contributed by atoms with Gasteiger partial charge in [-0.15, -0.1) is 0 Å². The highest BCUT2D eigenvalue weighted by atomic mass is 16.2. The number of benzene rings is 1. The summed E-state index contributed by atoms with van der Waals surface area (Å²) in [5.41, 5.74) is 1.39. The highest BCUT2D eigenvalue weighted by Crippen LogP contribution is 2.06. The number of hydrogen-bond acceptors (Lipinski definition) is 3. The molecule has 5 heteroatoms. The summed E-state index contributed by atoms with van der Waals surface area (Å²) < 4.78 is 0. The number of hydrogen-bond donors (Lipinski definition) is 2. The standard InChI is InChI=1S/C14H15N3O2/c15-9-11-5-3-10(4-6-11)8-13(18)17-12-2-1-7-16-14(12)19/h3-6,12H,1-2,7-8H2,(H,16,19)(H,17,18). The molecule has 1 aliphatic heterocycles. The van der Waals surface area contributed by atoms with Gasteiger partial charge in [-0.05, 0) is 30.5 Å². The van der Waals surface area contributed by atoms with Crippen LogP contribution in [0.2, 0.25) is 0 Å². The molecule has 5 nitrogen and oxygen atoms in total. The van der Waals surface area contributed by atoms with Crippen LogP contribution in [0.15, 0.2) is 24.3 Å². The van der Waals surface area contributed by atoms with Crippen molar-refractivity contribution in [3.63, 3.8) is 0 Å². The van der Waals surface area contributed by atoms with E-state index in [1.807, 2.05) is 6.07 Å². The van der Waals surface area contributed by atoms with Crippen LogP contribution in [0.4, 0.5) is 0 Å². The van der Waals surface area contributed by atoms with E-state index in [-0.39, 0.29) is 18.2 Å². The molecule has 0 radical (unpaired) electrons. The Hall–Kier alpha value is -2.35. The van der Waals surface area contributed by atoms with Gasteiger partial charge in [0.05, 0.1) is 18.1 Å². The second-order valence-electron chi connectivity index (χ2n) is 4.54. The van der Waals surface area contributed by atoms with Crippen LogP contribution in [0.5, 0.6) is 0 Å². The molecular formula is C14H15N3O2. The number of piperidine rings is 1. The highest BCUT2D eigenvalue weighted by Gasteiger charge is 2.23. The second-order valence-corrected chi connectivity index (χ2v) is 4.54. The number of nitriles is 1. The molecule has 19 heavy (non-hydrogen) atoms. The first-order valence-corrected chi connectivity index (χ1v) is 6.25. The fourth-order valence-corrected chi connectivity index (χ4v) is 2.04. The van der Waals surface area contributed by atoms with Crippen molar-refractivity contribution in [3.8, 4) is 6.07 Å². The lowest BCUT2D eigenvalue weighted by atomic mass is 10.1. The van der Waals surface area contributed by atoms with Crippen LogP contribution in [0, 0.1) is 11.3 Å². The van der Waals surface area contributed by atoms with Crippen molar-refractivity contribution in [2.24, 2.45) is 0 Å². The second kappa shape index (κ2) is 6.01. The molecule has 0 aromatic heterocycles. The third-order valence-corrected chi connectivity index (χ3v) is 3.07. The maximum absolute atomic E-state index is 11.8. The van der Waals surface area contributed by atoms with Crippen molar-refractivity contribution in [2.45, 2.75) is 25.3 Å². The van der Waals surface area contributed by atoms with Gasteiger partial charge < -0.3 is 10.6 Å². The van der Waals surface area contributed by atoms with E-state index >= 15 is 0 Å². The third-order valence-electron chi connectivity index (χ3n) is 3.07. The summed E-state index contributed by atoms with van der Waals surface area (Å²) in [6.07, 6.45) is 1.79. The minimum absolute atomic E-state index is 0.112. The molecular weight excluding hydrogens is 242 g/mol. The van der Waals surface area contributed by atoms with Gasteiger partial charge in [0.25, 0.3) is 0 Å². The molecule has 1 fully saturated rings. The highest BCUT2D eigenvalue weighted by molar-refractivity contribution is 5.88. The van der Waals surface area contributed by atoms with Crippen molar-refractivity contribution in [1.82, 2.24) is 10.6 Å². The molecule has 1 atom stereocenters. The molecule has 1 aromatic carbocycles. The van der Waals surface area contributed by atoms with Crippen molar-refractivity contribution in [3.05, 3.63) is 35.4 Å². The van der Waals surface area contributed by atoms with E-state index in [4.69, 9.17) is 5.26 Å². The van der Waals surface area contributed by atoms with Crippen LogP contribution in [-0.2, 0) is 16.0 Å². The average molecular weight is 257 g/mol. The molecule has 2 N–H and O–H groups in total. The number of carbonyl (C=O) groups is 2. The number of carbonyl (C=O) groups excluding carboxylic acids is 2. The predicted octanol–water partition coefficient (Wildman–Crippen LogP) is 0.496. The van der Waals surface area contributed by atoms with Gasteiger partial charge in [0.15, 0.2) is 0 Å². The summed E-state index contributed by atoms with van der Waals surface area (Å²) in [6, 6.07) is 8.46. The molecule has 1 unspecified atom stereocenters. The molecule has 1 aliphatic rings. The Balaban J connectivity index is 1.89. The zero-order valence-electron chi connectivity index (χ0n) is 10.5. The molecule has 0 spiro atoms. The Morgan fingerprint density at radius 3 is 2.79 bits per heavy atom.